The van der Waals surface area contributed by atoms with Crippen LogP contribution in [0, 0.1) is 6.92 Å². The largest absolute Gasteiger partial charge is 0.497 e. The highest BCUT2D eigenvalue weighted by Gasteiger charge is 2.35. The second kappa shape index (κ2) is 13.1. The minimum Gasteiger partial charge on any atom is -0.497 e. The van der Waals surface area contributed by atoms with Crippen molar-refractivity contribution in [1.29, 1.82) is 0 Å². The number of hydrogen-bond donors (Lipinski definition) is 0. The first kappa shape index (κ1) is 29.4. The molecule has 0 saturated heterocycles. The van der Waals surface area contributed by atoms with Crippen molar-refractivity contribution in [3.63, 3.8) is 0 Å². The number of carbonyl (C=O) groups is 1. The third-order valence-corrected chi connectivity index (χ3v) is 10.00. The molecule has 2 aromatic carbocycles. The van der Waals surface area contributed by atoms with Gasteiger partial charge >= 0.3 is 0 Å². The zero-order valence-electron chi connectivity index (χ0n) is 22.3. The van der Waals surface area contributed by atoms with Gasteiger partial charge in [-0.2, -0.15) is 4.31 Å². The number of rotatable bonds is 12. The number of aryl methyl sites for hydroxylation is 1. The number of methoxy groups -OCH3 is 2. The van der Waals surface area contributed by atoms with Crippen LogP contribution in [0.1, 0.15) is 28.5 Å². The molecule has 39 heavy (non-hydrogen) atoms. The maximum absolute atomic E-state index is 13.8. The van der Waals surface area contributed by atoms with Crippen molar-refractivity contribution in [2.24, 2.45) is 0 Å². The lowest BCUT2D eigenvalue weighted by Gasteiger charge is -2.37. The summed E-state index contributed by atoms with van der Waals surface area (Å²) in [5, 5.41) is 2.67. The van der Waals surface area contributed by atoms with Gasteiger partial charge in [-0.3, -0.25) is 4.79 Å². The molecule has 1 aliphatic heterocycles. The van der Waals surface area contributed by atoms with Crippen LogP contribution in [0.5, 0.6) is 11.5 Å². The highest BCUT2D eigenvalue weighted by Crippen LogP contribution is 2.34. The van der Waals surface area contributed by atoms with Crippen LogP contribution in [0.25, 0.3) is 0 Å². The Labute approximate surface area is 239 Å². The van der Waals surface area contributed by atoms with Gasteiger partial charge in [-0.05, 0) is 84.8 Å². The molecular formula is C28H33ClN2O6S2. The maximum atomic E-state index is 13.8. The van der Waals surface area contributed by atoms with E-state index in [0.717, 1.165) is 11.1 Å². The third kappa shape index (κ3) is 6.93. The fourth-order valence-electron chi connectivity index (χ4n) is 4.56. The van der Waals surface area contributed by atoms with E-state index in [2.05, 4.69) is 0 Å². The minimum atomic E-state index is -3.94. The summed E-state index contributed by atoms with van der Waals surface area (Å²) in [5.74, 6) is 0.937. The van der Waals surface area contributed by atoms with Crippen LogP contribution < -0.4 is 9.47 Å². The summed E-state index contributed by atoms with van der Waals surface area (Å²) >= 11 is 7.82. The minimum absolute atomic E-state index is 0.102. The van der Waals surface area contributed by atoms with Crippen LogP contribution in [0.2, 0.25) is 5.02 Å². The van der Waals surface area contributed by atoms with E-state index in [1.807, 2.05) is 24.4 Å². The average molecular weight is 593 g/mol. The van der Waals surface area contributed by atoms with Gasteiger partial charge in [-0.25, -0.2) is 8.42 Å². The van der Waals surface area contributed by atoms with E-state index in [4.69, 9.17) is 25.8 Å². The Kier molecular flexibility index (Phi) is 9.90. The molecule has 1 amide bonds. The summed E-state index contributed by atoms with van der Waals surface area (Å²) in [6, 6.07) is 13.3. The number of halogens is 1. The predicted octanol–water partition coefficient (Wildman–Crippen LogP) is 4.95. The van der Waals surface area contributed by atoms with Crippen LogP contribution in [-0.4, -0.2) is 70.6 Å². The van der Waals surface area contributed by atoms with Crippen molar-refractivity contribution in [2.75, 3.05) is 47.1 Å². The summed E-state index contributed by atoms with van der Waals surface area (Å²) in [7, 11) is -0.858. The average Bonchev–Trinajstić information content (AvgIpc) is 3.42. The molecule has 11 heteroatoms. The number of carbonyl (C=O) groups excluding carboxylic acids is 1. The summed E-state index contributed by atoms with van der Waals surface area (Å²) in [4.78, 5) is 16.8. The zero-order valence-corrected chi connectivity index (χ0v) is 24.7. The van der Waals surface area contributed by atoms with Crippen molar-refractivity contribution >= 4 is 38.9 Å². The summed E-state index contributed by atoms with van der Waals surface area (Å²) in [5.41, 5.74) is 1.94. The van der Waals surface area contributed by atoms with E-state index in [-0.39, 0.29) is 36.5 Å². The van der Waals surface area contributed by atoms with Gasteiger partial charge in [0.15, 0.2) is 0 Å². The molecule has 0 N–H and O–H groups in total. The lowest BCUT2D eigenvalue weighted by Crippen LogP contribution is -2.48. The van der Waals surface area contributed by atoms with E-state index < -0.39 is 10.0 Å². The monoisotopic (exact) mass is 592 g/mol. The van der Waals surface area contributed by atoms with Crippen LogP contribution in [0.4, 0.5) is 0 Å². The Morgan fingerprint density at radius 3 is 2.56 bits per heavy atom. The SMILES string of the molecule is COCCCN(CC(=O)N1CCc2sccc2[C@H]1COc1ccc(Cl)c(C)c1)S(=O)(=O)c1ccc(OC)cc1. The second-order valence-electron chi connectivity index (χ2n) is 9.23. The van der Waals surface area contributed by atoms with Crippen molar-refractivity contribution in [3.8, 4) is 11.5 Å². The van der Waals surface area contributed by atoms with Crippen LogP contribution in [-0.2, 0) is 26.0 Å². The van der Waals surface area contributed by atoms with E-state index in [1.165, 1.54) is 28.4 Å². The Morgan fingerprint density at radius 1 is 1.13 bits per heavy atom. The van der Waals surface area contributed by atoms with Gasteiger partial charge in [-0.15, -0.1) is 11.3 Å². The van der Waals surface area contributed by atoms with Gasteiger partial charge in [0.1, 0.15) is 18.1 Å². The molecule has 2 heterocycles. The molecule has 0 bridgehead atoms. The number of ether oxygens (including phenoxy) is 3. The predicted molar refractivity (Wildman–Crippen MR) is 152 cm³/mol. The molecule has 1 aromatic heterocycles. The lowest BCUT2D eigenvalue weighted by molar-refractivity contribution is -0.135. The van der Waals surface area contributed by atoms with Crippen LogP contribution in [0.15, 0.2) is 58.8 Å². The first-order valence-electron chi connectivity index (χ1n) is 12.6. The quantitative estimate of drug-likeness (QED) is 0.277. The molecular weight excluding hydrogens is 560 g/mol. The summed E-state index contributed by atoms with van der Waals surface area (Å²) in [6.45, 7) is 2.87. The number of hydrogen-bond acceptors (Lipinski definition) is 7. The fraction of sp³-hybridized carbons (Fsp3) is 0.393. The standard InChI is InChI=1S/C28H33ClN2O6S2/c1-20-17-22(7-10-25(20)29)37-19-26-24-12-16-38-27(24)11-14-31(26)28(32)18-30(13-4-15-35-2)39(33,34)23-8-5-21(36-3)6-9-23/h5-10,12,16-17,26H,4,11,13-15,18-19H2,1-3H3/t26-/m1/s1. The highest BCUT2D eigenvalue weighted by molar-refractivity contribution is 7.89. The molecule has 3 aromatic rings. The first-order chi connectivity index (χ1) is 18.7. The maximum Gasteiger partial charge on any atom is 0.243 e. The third-order valence-electron chi connectivity index (χ3n) is 6.72. The van der Waals surface area contributed by atoms with Gasteiger partial charge in [0.2, 0.25) is 15.9 Å². The van der Waals surface area contributed by atoms with Crippen LogP contribution >= 0.6 is 22.9 Å². The molecule has 1 atom stereocenters. The van der Waals surface area contributed by atoms with Gasteiger partial charge in [-0.1, -0.05) is 11.6 Å². The van der Waals surface area contributed by atoms with Crippen LogP contribution in [0.3, 0.4) is 0 Å². The summed E-state index contributed by atoms with van der Waals surface area (Å²) in [6.07, 6.45) is 1.17. The number of thiophene rings is 1. The topological polar surface area (TPSA) is 85.4 Å². The number of amides is 1. The van der Waals surface area contributed by atoms with Gasteiger partial charge < -0.3 is 19.1 Å². The molecule has 0 fully saturated rings. The number of sulfonamides is 1. The van der Waals surface area contributed by atoms with Crippen molar-refractivity contribution < 1.29 is 27.4 Å². The zero-order chi connectivity index (χ0) is 28.0. The van der Waals surface area contributed by atoms with Gasteiger partial charge in [0.05, 0.1) is 24.6 Å². The summed E-state index contributed by atoms with van der Waals surface area (Å²) < 4.78 is 44.8. The molecule has 8 nitrogen and oxygen atoms in total. The van der Waals surface area contributed by atoms with E-state index >= 15 is 0 Å². The second-order valence-corrected chi connectivity index (χ2v) is 12.6. The fourth-order valence-corrected chi connectivity index (χ4v) is 7.04. The molecule has 0 spiro atoms. The van der Waals surface area contributed by atoms with E-state index in [9.17, 15) is 13.2 Å². The Hall–Kier alpha value is -2.63. The van der Waals surface area contributed by atoms with E-state index in [1.54, 1.807) is 47.6 Å². The van der Waals surface area contributed by atoms with Crippen molar-refractivity contribution in [3.05, 3.63) is 74.9 Å². The van der Waals surface area contributed by atoms with E-state index in [0.29, 0.717) is 42.5 Å². The number of nitrogens with zero attached hydrogens (tertiary/aromatic N) is 2. The molecule has 210 valence electrons. The highest BCUT2D eigenvalue weighted by atomic mass is 35.5. The first-order valence-corrected chi connectivity index (χ1v) is 15.3. The Bertz CT molecular complexity index is 1380. The Morgan fingerprint density at radius 2 is 1.87 bits per heavy atom. The molecule has 0 radical (unpaired) electrons. The lowest BCUT2D eigenvalue weighted by atomic mass is 10.0. The number of fused-ring (bicyclic) bond motifs is 1. The molecule has 0 unspecified atom stereocenters. The van der Waals surface area contributed by atoms with Crippen molar-refractivity contribution in [2.45, 2.75) is 30.7 Å². The molecule has 0 aliphatic carbocycles. The number of benzene rings is 2. The normalized spacial score (nSPS) is 15.3. The Balaban J connectivity index is 1.56. The molecule has 0 saturated carbocycles. The smallest absolute Gasteiger partial charge is 0.243 e. The molecule has 4 rings (SSSR count). The van der Waals surface area contributed by atoms with Crippen molar-refractivity contribution in [1.82, 2.24) is 9.21 Å². The van der Waals surface area contributed by atoms with Gasteiger partial charge in [0, 0.05) is 36.7 Å². The molecule has 1 aliphatic rings. The van der Waals surface area contributed by atoms with Gasteiger partial charge in [0.25, 0.3) is 0 Å².